The first kappa shape index (κ1) is 11.0. The molecule has 0 aliphatic carbocycles. The van der Waals surface area contributed by atoms with E-state index >= 15 is 0 Å². The van der Waals surface area contributed by atoms with Gasteiger partial charge in [0, 0.05) is 13.0 Å². The van der Waals surface area contributed by atoms with Crippen molar-refractivity contribution in [2.24, 2.45) is 5.73 Å². The van der Waals surface area contributed by atoms with E-state index in [-0.39, 0.29) is 6.10 Å². The minimum absolute atomic E-state index is 0.338. The van der Waals surface area contributed by atoms with E-state index < -0.39 is 0 Å². The molecule has 1 aromatic heterocycles. The lowest BCUT2D eigenvalue weighted by Gasteiger charge is -2.24. The average molecular weight is 247 g/mol. The molecule has 1 aliphatic rings. The van der Waals surface area contributed by atoms with Crippen LogP contribution in [0.1, 0.15) is 17.8 Å². The van der Waals surface area contributed by atoms with Crippen LogP contribution < -0.4 is 15.2 Å². The number of ether oxygens (including phenoxy) is 2. The molecule has 2 heterocycles. The molecular weight excluding hydrogens is 234 g/mol. The molecule has 1 aromatic carbocycles. The molecule has 1 atom stereocenters. The smallest absolute Gasteiger partial charge is 0.228 e. The van der Waals surface area contributed by atoms with Crippen LogP contribution in [0.4, 0.5) is 0 Å². The minimum atomic E-state index is -0.338. The summed E-state index contributed by atoms with van der Waals surface area (Å²) in [7, 11) is 0. The van der Waals surface area contributed by atoms with Gasteiger partial charge in [-0.2, -0.15) is 4.98 Å². The highest BCUT2D eigenvalue weighted by Gasteiger charge is 2.26. The first-order valence-corrected chi connectivity index (χ1v) is 5.78. The monoisotopic (exact) mass is 247 g/mol. The lowest BCUT2D eigenvalue weighted by atomic mass is 10.2. The van der Waals surface area contributed by atoms with Gasteiger partial charge in [0.2, 0.25) is 11.7 Å². The van der Waals surface area contributed by atoms with Crippen molar-refractivity contribution in [2.75, 3.05) is 13.2 Å². The van der Waals surface area contributed by atoms with Gasteiger partial charge in [-0.15, -0.1) is 0 Å². The van der Waals surface area contributed by atoms with Crippen LogP contribution in [0.2, 0.25) is 0 Å². The highest BCUT2D eigenvalue weighted by atomic mass is 16.6. The van der Waals surface area contributed by atoms with Gasteiger partial charge in [0.1, 0.15) is 6.61 Å². The van der Waals surface area contributed by atoms with E-state index in [2.05, 4.69) is 10.1 Å². The van der Waals surface area contributed by atoms with E-state index in [4.69, 9.17) is 19.7 Å². The zero-order chi connectivity index (χ0) is 12.4. The summed E-state index contributed by atoms with van der Waals surface area (Å²) in [6.07, 6.45) is 0.229. The number of nitrogens with two attached hydrogens (primary N) is 1. The molecule has 6 nitrogen and oxygen atoms in total. The number of hydrogen-bond acceptors (Lipinski definition) is 6. The highest BCUT2D eigenvalue weighted by molar-refractivity contribution is 5.40. The maximum Gasteiger partial charge on any atom is 0.228 e. The molecule has 0 saturated heterocycles. The van der Waals surface area contributed by atoms with Gasteiger partial charge in [-0.1, -0.05) is 17.3 Å². The van der Waals surface area contributed by atoms with Gasteiger partial charge >= 0.3 is 0 Å². The molecule has 0 saturated carbocycles. The summed E-state index contributed by atoms with van der Waals surface area (Å²) in [6, 6.07) is 7.50. The minimum Gasteiger partial charge on any atom is -0.485 e. The van der Waals surface area contributed by atoms with E-state index in [1.54, 1.807) is 0 Å². The van der Waals surface area contributed by atoms with Crippen molar-refractivity contribution >= 4 is 0 Å². The second kappa shape index (κ2) is 4.66. The molecule has 18 heavy (non-hydrogen) atoms. The predicted molar refractivity (Wildman–Crippen MR) is 62.4 cm³/mol. The van der Waals surface area contributed by atoms with E-state index in [1.165, 1.54) is 0 Å². The summed E-state index contributed by atoms with van der Waals surface area (Å²) < 4.78 is 16.4. The SMILES string of the molecule is NCCc1nc(C2COc3ccccc3O2)no1. The van der Waals surface area contributed by atoms with E-state index in [0.29, 0.717) is 37.0 Å². The fraction of sp³-hybridized carbons (Fsp3) is 0.333. The molecule has 6 heteroatoms. The molecule has 1 unspecified atom stereocenters. The Labute approximate surface area is 104 Å². The predicted octanol–water partition coefficient (Wildman–Crippen LogP) is 1.08. The van der Waals surface area contributed by atoms with E-state index in [9.17, 15) is 0 Å². The molecule has 0 fully saturated rings. The molecule has 0 radical (unpaired) electrons. The summed E-state index contributed by atoms with van der Waals surface area (Å²) in [4.78, 5) is 4.23. The molecule has 2 N–H and O–H groups in total. The lowest BCUT2D eigenvalue weighted by molar-refractivity contribution is 0.0832. The third-order valence-corrected chi connectivity index (χ3v) is 2.64. The third-order valence-electron chi connectivity index (χ3n) is 2.64. The first-order chi connectivity index (χ1) is 8.86. The van der Waals surface area contributed by atoms with Crippen molar-refractivity contribution in [1.82, 2.24) is 10.1 Å². The number of fused-ring (bicyclic) bond motifs is 1. The number of aromatic nitrogens is 2. The number of hydrogen-bond donors (Lipinski definition) is 1. The fourth-order valence-corrected chi connectivity index (χ4v) is 1.77. The Morgan fingerprint density at radius 1 is 1.28 bits per heavy atom. The molecule has 94 valence electrons. The standard InChI is InChI=1S/C12H13N3O3/c13-6-5-11-14-12(15-18-11)10-7-16-8-3-1-2-4-9(8)17-10/h1-4,10H,5-7,13H2. The lowest BCUT2D eigenvalue weighted by Crippen LogP contribution is -2.22. The molecule has 0 amide bonds. The Hall–Kier alpha value is -2.08. The Bertz CT molecular complexity index is 541. The largest absolute Gasteiger partial charge is 0.485 e. The normalized spacial score (nSPS) is 17.7. The van der Waals surface area contributed by atoms with Crippen LogP contribution in [-0.4, -0.2) is 23.3 Å². The van der Waals surface area contributed by atoms with Crippen LogP contribution in [0.5, 0.6) is 11.5 Å². The summed E-state index contributed by atoms with van der Waals surface area (Å²) >= 11 is 0. The molecular formula is C12H13N3O3. The van der Waals surface area contributed by atoms with Crippen molar-refractivity contribution in [3.8, 4) is 11.5 Å². The maximum atomic E-state index is 5.77. The van der Waals surface area contributed by atoms with Gasteiger partial charge in [0.05, 0.1) is 0 Å². The van der Waals surface area contributed by atoms with Crippen LogP contribution in [0.3, 0.4) is 0 Å². The average Bonchev–Trinajstić information content (AvgIpc) is 2.87. The van der Waals surface area contributed by atoms with Gasteiger partial charge in [0.25, 0.3) is 0 Å². The summed E-state index contributed by atoms with van der Waals surface area (Å²) in [5, 5.41) is 3.88. The van der Waals surface area contributed by atoms with Gasteiger partial charge in [0.15, 0.2) is 17.6 Å². The second-order valence-electron chi connectivity index (χ2n) is 3.95. The maximum absolute atomic E-state index is 5.77. The van der Waals surface area contributed by atoms with Crippen LogP contribution in [-0.2, 0) is 6.42 Å². The molecule has 1 aliphatic heterocycles. The van der Waals surface area contributed by atoms with Crippen molar-refractivity contribution < 1.29 is 14.0 Å². The van der Waals surface area contributed by atoms with Crippen LogP contribution in [0, 0.1) is 0 Å². The number of nitrogens with zero attached hydrogens (tertiary/aromatic N) is 2. The highest BCUT2D eigenvalue weighted by Crippen LogP contribution is 2.34. The van der Waals surface area contributed by atoms with Crippen molar-refractivity contribution in [3.05, 3.63) is 36.0 Å². The van der Waals surface area contributed by atoms with E-state index in [1.807, 2.05) is 24.3 Å². The zero-order valence-electron chi connectivity index (χ0n) is 9.70. The number of benzene rings is 1. The first-order valence-electron chi connectivity index (χ1n) is 5.78. The Balaban J connectivity index is 1.78. The second-order valence-corrected chi connectivity index (χ2v) is 3.95. The van der Waals surface area contributed by atoms with Crippen molar-refractivity contribution in [3.63, 3.8) is 0 Å². The van der Waals surface area contributed by atoms with Crippen molar-refractivity contribution in [2.45, 2.75) is 12.5 Å². The topological polar surface area (TPSA) is 83.4 Å². The van der Waals surface area contributed by atoms with Crippen LogP contribution >= 0.6 is 0 Å². The Kier molecular flexibility index (Phi) is 2.85. The number of para-hydroxylation sites is 2. The molecule has 2 aromatic rings. The van der Waals surface area contributed by atoms with Crippen molar-refractivity contribution in [1.29, 1.82) is 0 Å². The zero-order valence-corrected chi connectivity index (χ0v) is 9.70. The Morgan fingerprint density at radius 2 is 2.11 bits per heavy atom. The fourth-order valence-electron chi connectivity index (χ4n) is 1.77. The van der Waals surface area contributed by atoms with Gasteiger partial charge in [-0.25, -0.2) is 0 Å². The van der Waals surface area contributed by atoms with E-state index in [0.717, 1.165) is 5.75 Å². The molecule has 3 rings (SSSR count). The summed E-state index contributed by atoms with van der Waals surface area (Å²) in [5.74, 6) is 2.45. The molecule has 0 spiro atoms. The quantitative estimate of drug-likeness (QED) is 0.873. The molecule has 0 bridgehead atoms. The van der Waals surface area contributed by atoms with Crippen LogP contribution in [0.25, 0.3) is 0 Å². The summed E-state index contributed by atoms with van der Waals surface area (Å²) in [6.45, 7) is 0.852. The van der Waals surface area contributed by atoms with Gasteiger partial charge < -0.3 is 19.7 Å². The van der Waals surface area contributed by atoms with Crippen LogP contribution in [0.15, 0.2) is 28.8 Å². The van der Waals surface area contributed by atoms with Gasteiger partial charge in [-0.05, 0) is 12.1 Å². The Morgan fingerprint density at radius 3 is 2.94 bits per heavy atom. The number of rotatable bonds is 3. The summed E-state index contributed by atoms with van der Waals surface area (Å²) in [5.41, 5.74) is 5.43. The van der Waals surface area contributed by atoms with Gasteiger partial charge in [-0.3, -0.25) is 0 Å². The third kappa shape index (κ3) is 2.02.